The van der Waals surface area contributed by atoms with Gasteiger partial charge in [-0.2, -0.15) is 0 Å². The molecule has 3 aromatic rings. The molecule has 0 spiro atoms. The van der Waals surface area contributed by atoms with Gasteiger partial charge in [-0.15, -0.1) is 11.3 Å². The van der Waals surface area contributed by atoms with Crippen LogP contribution in [0.15, 0.2) is 36.4 Å². The highest BCUT2D eigenvalue weighted by atomic mass is 32.1. The third-order valence-corrected chi connectivity index (χ3v) is 7.59. The van der Waals surface area contributed by atoms with E-state index in [1.165, 1.54) is 6.92 Å². The monoisotopic (exact) mass is 535 g/mol. The van der Waals surface area contributed by atoms with E-state index in [1.54, 1.807) is 16.2 Å². The molecule has 8 heteroatoms. The molecule has 0 bridgehead atoms. The van der Waals surface area contributed by atoms with Crippen LogP contribution in [0.5, 0.6) is 5.75 Å². The lowest BCUT2D eigenvalue weighted by Crippen LogP contribution is -2.39. The van der Waals surface area contributed by atoms with E-state index in [2.05, 4.69) is 43.4 Å². The Morgan fingerprint density at radius 1 is 1.05 bits per heavy atom. The van der Waals surface area contributed by atoms with Gasteiger partial charge in [-0.05, 0) is 69.4 Å². The second-order valence-electron chi connectivity index (χ2n) is 10.6. The minimum Gasteiger partial charge on any atom is -0.493 e. The molecule has 1 aromatic heterocycles. The number of fused-ring (bicyclic) bond motifs is 1. The molecule has 2 amide bonds. The van der Waals surface area contributed by atoms with Crippen molar-refractivity contribution < 1.29 is 19.1 Å². The van der Waals surface area contributed by atoms with E-state index in [-0.39, 0.29) is 12.0 Å². The number of nitrogens with one attached hydrogen (secondary N) is 1. The minimum atomic E-state index is -0.513. The van der Waals surface area contributed by atoms with Crippen LogP contribution in [-0.2, 0) is 22.5 Å². The molecule has 0 aliphatic carbocycles. The molecule has 0 saturated heterocycles. The first-order chi connectivity index (χ1) is 18.0. The van der Waals surface area contributed by atoms with Gasteiger partial charge in [0.25, 0.3) is 0 Å². The third kappa shape index (κ3) is 6.54. The van der Waals surface area contributed by atoms with Crippen LogP contribution in [0.4, 0.5) is 4.79 Å². The molecule has 0 atom stereocenters. The summed E-state index contributed by atoms with van der Waals surface area (Å²) in [6.45, 7) is 13.7. The summed E-state index contributed by atoms with van der Waals surface area (Å²) in [4.78, 5) is 31.5. The fourth-order valence-corrected chi connectivity index (χ4v) is 5.74. The largest absolute Gasteiger partial charge is 0.493 e. The third-order valence-electron chi connectivity index (χ3n) is 6.47. The molecule has 0 saturated carbocycles. The molecule has 0 fully saturated rings. The zero-order chi connectivity index (χ0) is 27.4. The predicted molar refractivity (Wildman–Crippen MR) is 152 cm³/mol. The van der Waals surface area contributed by atoms with Crippen LogP contribution in [0, 0.1) is 13.8 Å². The van der Waals surface area contributed by atoms with E-state index in [0.717, 1.165) is 62.0 Å². The van der Waals surface area contributed by atoms with Gasteiger partial charge in [0.15, 0.2) is 0 Å². The summed E-state index contributed by atoms with van der Waals surface area (Å²) in [5.41, 5.74) is 6.17. The Bertz CT molecular complexity index is 1330. The number of nitrogens with zero attached hydrogens (tertiary/aromatic N) is 2. The first-order valence-corrected chi connectivity index (χ1v) is 13.9. The van der Waals surface area contributed by atoms with Crippen molar-refractivity contribution in [3.05, 3.63) is 58.1 Å². The maximum atomic E-state index is 12.6. The summed E-state index contributed by atoms with van der Waals surface area (Å²) < 4.78 is 11.6. The minimum absolute atomic E-state index is 0.0278. The number of carbonyl (C=O) groups excluding carboxylic acids is 2. The molecule has 1 N–H and O–H groups in total. The summed E-state index contributed by atoms with van der Waals surface area (Å²) in [6.07, 6.45) is 1.20. The van der Waals surface area contributed by atoms with Gasteiger partial charge >= 0.3 is 6.09 Å². The van der Waals surface area contributed by atoms with Crippen molar-refractivity contribution in [1.82, 2.24) is 15.2 Å². The Hall–Kier alpha value is -3.39. The zero-order valence-electron chi connectivity index (χ0n) is 23.1. The number of amides is 2. The quantitative estimate of drug-likeness (QED) is 0.360. The van der Waals surface area contributed by atoms with Crippen LogP contribution < -0.4 is 10.1 Å². The molecule has 0 radical (unpaired) electrons. The average molecular weight is 536 g/mol. The van der Waals surface area contributed by atoms with Gasteiger partial charge in [0.2, 0.25) is 5.91 Å². The van der Waals surface area contributed by atoms with Crippen LogP contribution in [0.25, 0.3) is 21.7 Å². The first kappa shape index (κ1) is 27.6. The predicted octanol–water partition coefficient (Wildman–Crippen LogP) is 6.29. The molecule has 2 heterocycles. The number of hydrogen-bond donors (Lipinski definition) is 1. The molecular weight excluding hydrogens is 498 g/mol. The fraction of sp³-hybridized carbons (Fsp3) is 0.433. The highest BCUT2D eigenvalue weighted by Gasteiger charge is 2.28. The Balaban J connectivity index is 1.53. The van der Waals surface area contributed by atoms with E-state index in [1.807, 2.05) is 32.9 Å². The summed E-state index contributed by atoms with van der Waals surface area (Å²) in [6, 6.07) is 12.5. The smallest absolute Gasteiger partial charge is 0.410 e. The Kier molecular flexibility index (Phi) is 8.41. The number of benzene rings is 2. The molecule has 2 aromatic carbocycles. The van der Waals surface area contributed by atoms with Gasteiger partial charge in [-0.25, -0.2) is 9.78 Å². The number of rotatable bonds is 7. The van der Waals surface area contributed by atoms with Crippen molar-refractivity contribution >= 4 is 23.3 Å². The molecule has 7 nitrogen and oxygen atoms in total. The normalized spacial score (nSPS) is 13.2. The number of hydrogen-bond acceptors (Lipinski definition) is 6. The lowest BCUT2D eigenvalue weighted by Gasteiger charge is -2.29. The van der Waals surface area contributed by atoms with E-state index < -0.39 is 5.60 Å². The van der Waals surface area contributed by atoms with Crippen molar-refractivity contribution in [1.29, 1.82) is 0 Å². The molecule has 4 rings (SSSR count). The SMILES string of the molecule is CC(=O)NCCCOc1cccc(-c2cccc(-c3nc4c(s3)CN(C(=O)OC(C)(C)C)CC4)c2C)c1C. The maximum Gasteiger partial charge on any atom is 0.410 e. The molecule has 202 valence electrons. The number of aromatic nitrogens is 1. The Morgan fingerprint density at radius 2 is 1.74 bits per heavy atom. The standard InChI is InChI=1S/C30H37N3O4S/c1-19-22(23-11-8-13-26(20(23)2)36-17-9-15-31-21(3)34)10-7-12-24(19)28-32-25-14-16-33(18-27(25)38-28)29(35)37-30(4,5)6/h7-8,10-13H,9,14-18H2,1-6H3,(H,31,34). The number of ether oxygens (including phenoxy) is 2. The summed E-state index contributed by atoms with van der Waals surface area (Å²) in [5, 5.41) is 3.77. The second kappa shape index (κ2) is 11.6. The van der Waals surface area contributed by atoms with Gasteiger partial charge in [-0.1, -0.05) is 30.3 Å². The van der Waals surface area contributed by atoms with E-state index >= 15 is 0 Å². The van der Waals surface area contributed by atoms with Gasteiger partial charge in [0.1, 0.15) is 16.4 Å². The average Bonchev–Trinajstić information content (AvgIpc) is 3.27. The maximum absolute atomic E-state index is 12.6. The second-order valence-corrected chi connectivity index (χ2v) is 11.7. The fourth-order valence-electron chi connectivity index (χ4n) is 4.53. The molecule has 1 aliphatic rings. The van der Waals surface area contributed by atoms with Crippen molar-refractivity contribution in [2.24, 2.45) is 0 Å². The summed E-state index contributed by atoms with van der Waals surface area (Å²) in [7, 11) is 0. The van der Waals surface area contributed by atoms with Gasteiger partial charge < -0.3 is 19.7 Å². The van der Waals surface area contributed by atoms with Crippen LogP contribution in [-0.4, -0.2) is 47.2 Å². The summed E-state index contributed by atoms with van der Waals surface area (Å²) >= 11 is 1.66. The van der Waals surface area contributed by atoms with Crippen molar-refractivity contribution in [2.45, 2.75) is 66.5 Å². The van der Waals surface area contributed by atoms with Crippen LogP contribution >= 0.6 is 11.3 Å². The van der Waals surface area contributed by atoms with Crippen molar-refractivity contribution in [3.8, 4) is 27.4 Å². The van der Waals surface area contributed by atoms with Crippen LogP contribution in [0.1, 0.15) is 55.8 Å². The van der Waals surface area contributed by atoms with Gasteiger partial charge in [0, 0.05) is 36.9 Å². The number of carbonyl (C=O) groups is 2. The lowest BCUT2D eigenvalue weighted by molar-refractivity contribution is -0.118. The molecule has 38 heavy (non-hydrogen) atoms. The Labute approximate surface area is 229 Å². The van der Waals surface area contributed by atoms with Crippen LogP contribution in [0.2, 0.25) is 0 Å². The van der Waals surface area contributed by atoms with Crippen LogP contribution in [0.3, 0.4) is 0 Å². The number of thiazole rings is 1. The van der Waals surface area contributed by atoms with Gasteiger partial charge in [-0.3, -0.25) is 4.79 Å². The van der Waals surface area contributed by atoms with E-state index in [0.29, 0.717) is 26.2 Å². The van der Waals surface area contributed by atoms with Gasteiger partial charge in [0.05, 0.1) is 18.8 Å². The molecular formula is C30H37N3O4S. The topological polar surface area (TPSA) is 80.8 Å². The molecule has 1 aliphatic heterocycles. The van der Waals surface area contributed by atoms with E-state index in [9.17, 15) is 9.59 Å². The first-order valence-electron chi connectivity index (χ1n) is 13.1. The molecule has 0 unspecified atom stereocenters. The van der Waals surface area contributed by atoms with E-state index in [4.69, 9.17) is 14.5 Å². The zero-order valence-corrected chi connectivity index (χ0v) is 24.0. The summed E-state index contributed by atoms with van der Waals surface area (Å²) in [5.74, 6) is 0.821. The lowest BCUT2D eigenvalue weighted by atomic mass is 9.93. The Morgan fingerprint density at radius 3 is 2.45 bits per heavy atom. The van der Waals surface area contributed by atoms with Crippen molar-refractivity contribution in [2.75, 3.05) is 19.7 Å². The highest BCUT2D eigenvalue weighted by Crippen LogP contribution is 2.39. The highest BCUT2D eigenvalue weighted by molar-refractivity contribution is 7.15. The van der Waals surface area contributed by atoms with Crippen molar-refractivity contribution in [3.63, 3.8) is 0 Å².